The number of fused-ring (bicyclic) bond motifs is 13. The number of ether oxygens (including phenoxy) is 2. The summed E-state index contributed by atoms with van der Waals surface area (Å²) in [6, 6.07) is 13.8. The molecule has 4 atom stereocenters. The van der Waals surface area contributed by atoms with E-state index in [1.54, 1.807) is 13.2 Å². The number of hydrogen-bond donors (Lipinski definition) is 3. The van der Waals surface area contributed by atoms with Gasteiger partial charge in [-0.05, 0) is 31.7 Å². The lowest BCUT2D eigenvalue weighted by molar-refractivity contribution is -0.256. The number of methoxy groups -OCH3 is 1. The summed E-state index contributed by atoms with van der Waals surface area (Å²) in [7, 11) is 3.67. The van der Waals surface area contributed by atoms with E-state index < -0.39 is 5.72 Å². The Labute approximate surface area is 206 Å². The fraction of sp³-hybridized carbons (Fsp3) is 0.321. The van der Waals surface area contributed by atoms with Crippen molar-refractivity contribution in [3.63, 3.8) is 0 Å². The van der Waals surface area contributed by atoms with Gasteiger partial charge in [-0.25, -0.2) is 0 Å². The molecule has 0 radical (unpaired) electrons. The van der Waals surface area contributed by atoms with Gasteiger partial charge in [-0.2, -0.15) is 0 Å². The second kappa shape index (κ2) is 6.59. The largest absolute Gasteiger partial charge is 0.506 e. The molecule has 5 heterocycles. The second-order valence-electron chi connectivity index (χ2n) is 10.3. The van der Waals surface area contributed by atoms with Crippen molar-refractivity contribution in [1.82, 2.24) is 19.8 Å². The normalized spacial score (nSPS) is 26.9. The van der Waals surface area contributed by atoms with E-state index in [-0.39, 0.29) is 30.0 Å². The van der Waals surface area contributed by atoms with Gasteiger partial charge in [-0.1, -0.05) is 30.3 Å². The highest BCUT2D eigenvalue weighted by molar-refractivity contribution is 6.31. The van der Waals surface area contributed by atoms with Crippen LogP contribution in [0, 0.1) is 0 Å². The standard InChI is InChI=1S/C28H26N4O4/c1-28-26(35-3)16(29-2)11-19(36-28)31-17-9-5-4-7-13(17)21-22-15(12-30-27(22)34)20-14-8-6-10-18(33)23(14)32(28)25(20)24(21)31/h4-10,16,19,26,29,33H,11-12H2,1-3H3,(H,30,34)/t16-,19+,26-,28-/m1/s1. The van der Waals surface area contributed by atoms with Crippen molar-refractivity contribution in [3.8, 4) is 5.75 Å². The van der Waals surface area contributed by atoms with Crippen LogP contribution < -0.4 is 10.6 Å². The van der Waals surface area contributed by atoms with E-state index >= 15 is 0 Å². The molecule has 8 heteroatoms. The highest BCUT2D eigenvalue weighted by Crippen LogP contribution is 2.54. The zero-order chi connectivity index (χ0) is 24.5. The molecule has 8 nitrogen and oxygen atoms in total. The number of carbonyl (C=O) groups is 1. The van der Waals surface area contributed by atoms with Gasteiger partial charge >= 0.3 is 0 Å². The summed E-state index contributed by atoms with van der Waals surface area (Å²) < 4.78 is 17.6. The van der Waals surface area contributed by atoms with E-state index in [0.717, 1.165) is 49.2 Å². The highest BCUT2D eigenvalue weighted by Gasteiger charge is 2.53. The van der Waals surface area contributed by atoms with Gasteiger partial charge in [0.1, 0.15) is 18.1 Å². The third-order valence-electron chi connectivity index (χ3n) is 8.69. The van der Waals surface area contributed by atoms with E-state index in [4.69, 9.17) is 9.47 Å². The molecule has 3 aromatic carbocycles. The van der Waals surface area contributed by atoms with Crippen LogP contribution in [-0.2, 0) is 21.7 Å². The van der Waals surface area contributed by atoms with Gasteiger partial charge in [0.05, 0.1) is 27.6 Å². The minimum absolute atomic E-state index is 0.00206. The maximum Gasteiger partial charge on any atom is 0.252 e. The van der Waals surface area contributed by atoms with Crippen LogP contribution in [0.3, 0.4) is 0 Å². The molecular formula is C28H26N4O4. The zero-order valence-electron chi connectivity index (χ0n) is 20.3. The number of likely N-dealkylation sites (N-methyl/N-ethyl adjacent to an activating group) is 1. The topological polar surface area (TPSA) is 89.7 Å². The highest BCUT2D eigenvalue weighted by atomic mass is 16.6. The minimum atomic E-state index is -0.929. The Morgan fingerprint density at radius 3 is 2.72 bits per heavy atom. The van der Waals surface area contributed by atoms with Gasteiger partial charge in [0.25, 0.3) is 5.91 Å². The Hall–Kier alpha value is -3.59. The lowest BCUT2D eigenvalue weighted by atomic mass is 9.93. The number of carbonyl (C=O) groups excluding carboxylic acids is 1. The van der Waals surface area contributed by atoms with E-state index in [1.165, 1.54) is 0 Å². The summed E-state index contributed by atoms with van der Waals surface area (Å²) in [5.74, 6) is 0.119. The third-order valence-corrected chi connectivity index (χ3v) is 8.69. The number of nitrogens with zero attached hydrogens (tertiary/aromatic N) is 2. The van der Waals surface area contributed by atoms with Crippen LogP contribution in [0.15, 0.2) is 42.5 Å². The zero-order valence-corrected chi connectivity index (χ0v) is 20.3. The monoisotopic (exact) mass is 482 g/mol. The lowest BCUT2D eigenvalue weighted by Gasteiger charge is -2.48. The lowest BCUT2D eigenvalue weighted by Crippen LogP contribution is -2.59. The Balaban J connectivity index is 1.74. The number of aromatic hydroxyl groups is 1. The predicted molar refractivity (Wildman–Crippen MR) is 137 cm³/mol. The number of hydrogen-bond acceptors (Lipinski definition) is 5. The fourth-order valence-electron chi connectivity index (χ4n) is 7.40. The summed E-state index contributed by atoms with van der Waals surface area (Å²) in [6.45, 7) is 2.50. The van der Waals surface area contributed by atoms with Crippen molar-refractivity contribution in [2.24, 2.45) is 0 Å². The fourth-order valence-corrected chi connectivity index (χ4v) is 7.40. The van der Waals surface area contributed by atoms with Crippen molar-refractivity contribution in [2.75, 3.05) is 14.2 Å². The van der Waals surface area contributed by atoms with Crippen LogP contribution in [-0.4, -0.2) is 46.5 Å². The Kier molecular flexibility index (Phi) is 3.77. The van der Waals surface area contributed by atoms with Crippen molar-refractivity contribution < 1.29 is 19.4 Å². The molecule has 1 saturated heterocycles. The smallest absolute Gasteiger partial charge is 0.252 e. The van der Waals surface area contributed by atoms with Crippen molar-refractivity contribution in [3.05, 3.63) is 53.6 Å². The molecule has 182 valence electrons. The first kappa shape index (κ1) is 20.6. The molecule has 2 aromatic heterocycles. The SMILES string of the molecule is CN[C@@H]1C[C@@H]2O[C@](C)([C@@H]1OC)n1c3c(O)cccc3c3c4c(c5c6ccccc6n2c5c31)C(=O)NC4. The summed E-state index contributed by atoms with van der Waals surface area (Å²) in [4.78, 5) is 13.3. The maximum absolute atomic E-state index is 13.3. The van der Waals surface area contributed by atoms with Crippen molar-refractivity contribution >= 4 is 49.5 Å². The first-order valence-electron chi connectivity index (χ1n) is 12.4. The van der Waals surface area contributed by atoms with Crippen LogP contribution in [0.1, 0.15) is 35.5 Å². The van der Waals surface area contributed by atoms with Crippen molar-refractivity contribution in [2.45, 2.75) is 44.0 Å². The molecular weight excluding hydrogens is 456 g/mol. The van der Waals surface area contributed by atoms with Crippen molar-refractivity contribution in [1.29, 1.82) is 0 Å². The molecule has 8 rings (SSSR count). The molecule has 1 amide bonds. The number of rotatable bonds is 2. The van der Waals surface area contributed by atoms with Gasteiger partial charge in [-0.15, -0.1) is 0 Å². The number of nitrogens with one attached hydrogen (secondary N) is 2. The molecule has 5 aromatic rings. The molecule has 0 aliphatic carbocycles. The summed E-state index contributed by atoms with van der Waals surface area (Å²) in [6.07, 6.45) is 0.0709. The number of aromatic nitrogens is 2. The van der Waals surface area contributed by atoms with Gasteiger partial charge < -0.3 is 34.3 Å². The van der Waals surface area contributed by atoms with Crippen LogP contribution in [0.2, 0.25) is 0 Å². The van der Waals surface area contributed by atoms with Gasteiger partial charge in [-0.3, -0.25) is 4.79 Å². The van der Waals surface area contributed by atoms with E-state index in [0.29, 0.717) is 18.5 Å². The molecule has 0 saturated carbocycles. The number of amides is 1. The number of phenols is 1. The predicted octanol–water partition coefficient (Wildman–Crippen LogP) is 4.06. The molecule has 3 aliphatic heterocycles. The van der Waals surface area contributed by atoms with Gasteiger partial charge in [0, 0.05) is 47.7 Å². The van der Waals surface area contributed by atoms with E-state index in [9.17, 15) is 9.90 Å². The third kappa shape index (κ3) is 2.12. The summed E-state index contributed by atoms with van der Waals surface area (Å²) >= 11 is 0. The average molecular weight is 483 g/mol. The van der Waals surface area contributed by atoms with Crippen LogP contribution >= 0.6 is 0 Å². The maximum atomic E-state index is 13.3. The molecule has 3 aliphatic rings. The van der Waals surface area contributed by atoms with E-state index in [1.807, 2.05) is 31.3 Å². The summed E-state index contributed by atoms with van der Waals surface area (Å²) in [5.41, 5.74) is 4.43. The van der Waals surface area contributed by atoms with Crippen LogP contribution in [0.4, 0.5) is 0 Å². The van der Waals surface area contributed by atoms with Crippen LogP contribution in [0.25, 0.3) is 43.6 Å². The van der Waals surface area contributed by atoms with Crippen LogP contribution in [0.5, 0.6) is 5.75 Å². The Morgan fingerprint density at radius 1 is 1.11 bits per heavy atom. The second-order valence-corrected chi connectivity index (χ2v) is 10.3. The number of para-hydroxylation sites is 2. The minimum Gasteiger partial charge on any atom is -0.506 e. The molecule has 2 bridgehead atoms. The number of benzene rings is 3. The van der Waals surface area contributed by atoms with E-state index in [2.05, 4.69) is 38.8 Å². The Morgan fingerprint density at radius 2 is 1.92 bits per heavy atom. The quantitative estimate of drug-likeness (QED) is 0.353. The first-order valence-corrected chi connectivity index (χ1v) is 12.4. The molecule has 0 spiro atoms. The molecule has 36 heavy (non-hydrogen) atoms. The molecule has 1 fully saturated rings. The molecule has 0 unspecified atom stereocenters. The number of phenolic OH excluding ortho intramolecular Hbond substituents is 1. The summed E-state index contributed by atoms with van der Waals surface area (Å²) in [5, 5.41) is 21.7. The molecule has 3 N–H and O–H groups in total. The van der Waals surface area contributed by atoms with Gasteiger partial charge in [0.2, 0.25) is 0 Å². The average Bonchev–Trinajstić information content (AvgIpc) is 3.52. The van der Waals surface area contributed by atoms with Gasteiger partial charge in [0.15, 0.2) is 5.72 Å². The Bertz CT molecular complexity index is 1800. The first-order chi connectivity index (χ1) is 17.5.